The zero-order chi connectivity index (χ0) is 10.8. The highest BCUT2D eigenvalue weighted by molar-refractivity contribution is 5.85. The van der Waals surface area contributed by atoms with Gasteiger partial charge in [0.15, 0.2) is 11.5 Å². The van der Waals surface area contributed by atoms with Crippen molar-refractivity contribution in [2.24, 2.45) is 5.73 Å². The van der Waals surface area contributed by atoms with Gasteiger partial charge in [0.1, 0.15) is 5.58 Å². The van der Waals surface area contributed by atoms with Gasteiger partial charge in [-0.05, 0) is 26.0 Å². The second kappa shape index (κ2) is 3.95. The molecule has 2 N–H and O–H groups in total. The molecule has 3 heteroatoms. The van der Waals surface area contributed by atoms with Crippen molar-refractivity contribution >= 4 is 11.0 Å². The molecule has 2 aromatic rings. The second-order valence-electron chi connectivity index (χ2n) is 3.51. The summed E-state index contributed by atoms with van der Waals surface area (Å²) >= 11 is 0. The van der Waals surface area contributed by atoms with Crippen LogP contribution in [0, 0.1) is 0 Å². The zero-order valence-corrected chi connectivity index (χ0v) is 8.99. The molecule has 80 valence electrons. The van der Waals surface area contributed by atoms with Gasteiger partial charge in [-0.25, -0.2) is 0 Å². The van der Waals surface area contributed by atoms with E-state index in [-0.39, 0.29) is 6.04 Å². The maximum absolute atomic E-state index is 5.83. The quantitative estimate of drug-likeness (QED) is 0.838. The number of hydrogen-bond acceptors (Lipinski definition) is 3. The predicted octanol–water partition coefficient (Wildman–Crippen LogP) is 2.85. The summed E-state index contributed by atoms with van der Waals surface area (Å²) in [5.41, 5.74) is 6.66. The summed E-state index contributed by atoms with van der Waals surface area (Å²) < 4.78 is 11.2. The highest BCUT2D eigenvalue weighted by atomic mass is 16.5. The van der Waals surface area contributed by atoms with E-state index in [1.807, 2.05) is 38.1 Å². The third kappa shape index (κ3) is 1.70. The Bertz CT molecular complexity index is 460. The number of nitrogens with two attached hydrogens (primary N) is 1. The van der Waals surface area contributed by atoms with E-state index in [2.05, 4.69) is 0 Å². The molecule has 0 aliphatic heterocycles. The van der Waals surface area contributed by atoms with Gasteiger partial charge in [-0.3, -0.25) is 0 Å². The van der Waals surface area contributed by atoms with Crippen LogP contribution < -0.4 is 10.5 Å². The Kier molecular flexibility index (Phi) is 2.64. The van der Waals surface area contributed by atoms with Gasteiger partial charge in [0, 0.05) is 0 Å². The second-order valence-corrected chi connectivity index (χ2v) is 3.51. The van der Waals surface area contributed by atoms with Crippen molar-refractivity contribution in [2.75, 3.05) is 6.61 Å². The average Bonchev–Trinajstić information content (AvgIpc) is 2.58. The minimum Gasteiger partial charge on any atom is -0.489 e. The Morgan fingerprint density at radius 3 is 2.80 bits per heavy atom. The van der Waals surface area contributed by atoms with Crippen LogP contribution >= 0.6 is 0 Å². The summed E-state index contributed by atoms with van der Waals surface area (Å²) in [7, 11) is 0. The van der Waals surface area contributed by atoms with Crippen molar-refractivity contribution in [3.05, 3.63) is 30.0 Å². The number of benzene rings is 1. The van der Waals surface area contributed by atoms with Crippen LogP contribution in [-0.2, 0) is 0 Å². The molecule has 0 spiro atoms. The molecule has 1 atom stereocenters. The molecular weight excluding hydrogens is 190 g/mol. The van der Waals surface area contributed by atoms with E-state index >= 15 is 0 Å². The number of furan rings is 1. The molecule has 1 unspecified atom stereocenters. The van der Waals surface area contributed by atoms with Gasteiger partial charge in [0.25, 0.3) is 0 Å². The number of ether oxygens (including phenoxy) is 1. The van der Waals surface area contributed by atoms with Gasteiger partial charge in [0.05, 0.1) is 18.0 Å². The summed E-state index contributed by atoms with van der Waals surface area (Å²) in [5, 5.41) is 0.992. The molecule has 1 aromatic heterocycles. The number of hydrogen-bond donors (Lipinski definition) is 1. The van der Waals surface area contributed by atoms with E-state index in [1.165, 1.54) is 0 Å². The van der Waals surface area contributed by atoms with E-state index in [0.29, 0.717) is 6.61 Å². The maximum Gasteiger partial charge on any atom is 0.170 e. The Morgan fingerprint density at radius 2 is 2.13 bits per heavy atom. The van der Waals surface area contributed by atoms with Gasteiger partial charge in [-0.15, -0.1) is 0 Å². The third-order valence-corrected chi connectivity index (χ3v) is 2.28. The van der Waals surface area contributed by atoms with Gasteiger partial charge in [-0.2, -0.15) is 0 Å². The minimum absolute atomic E-state index is 0.154. The monoisotopic (exact) mass is 205 g/mol. The largest absolute Gasteiger partial charge is 0.489 e. The van der Waals surface area contributed by atoms with Crippen molar-refractivity contribution in [1.29, 1.82) is 0 Å². The Labute approximate surface area is 88.8 Å². The Balaban J connectivity index is 2.63. The van der Waals surface area contributed by atoms with E-state index in [1.54, 1.807) is 0 Å². The van der Waals surface area contributed by atoms with E-state index in [9.17, 15) is 0 Å². The third-order valence-electron chi connectivity index (χ3n) is 2.28. The molecule has 0 aliphatic rings. The fourth-order valence-corrected chi connectivity index (χ4v) is 1.63. The van der Waals surface area contributed by atoms with Crippen LogP contribution in [0.3, 0.4) is 0 Å². The summed E-state index contributed by atoms with van der Waals surface area (Å²) in [6, 6.07) is 7.65. The van der Waals surface area contributed by atoms with Crippen molar-refractivity contribution < 1.29 is 9.15 Å². The summed E-state index contributed by atoms with van der Waals surface area (Å²) in [5.74, 6) is 1.50. The highest BCUT2D eigenvalue weighted by Crippen LogP contribution is 2.35. The lowest BCUT2D eigenvalue weighted by Gasteiger charge is -2.05. The van der Waals surface area contributed by atoms with Gasteiger partial charge < -0.3 is 14.9 Å². The lowest BCUT2D eigenvalue weighted by atomic mass is 10.2. The lowest BCUT2D eigenvalue weighted by molar-refractivity contribution is 0.326. The summed E-state index contributed by atoms with van der Waals surface area (Å²) in [4.78, 5) is 0. The molecule has 15 heavy (non-hydrogen) atoms. The number of para-hydroxylation sites is 1. The number of rotatable bonds is 3. The van der Waals surface area contributed by atoms with Crippen molar-refractivity contribution in [3.63, 3.8) is 0 Å². The van der Waals surface area contributed by atoms with Gasteiger partial charge in [0.2, 0.25) is 0 Å². The van der Waals surface area contributed by atoms with Crippen molar-refractivity contribution in [3.8, 4) is 5.75 Å². The molecule has 0 saturated carbocycles. The van der Waals surface area contributed by atoms with E-state index in [4.69, 9.17) is 14.9 Å². The molecular formula is C12H15NO2. The average molecular weight is 205 g/mol. The highest BCUT2D eigenvalue weighted by Gasteiger charge is 2.17. The molecule has 2 rings (SSSR count). The predicted molar refractivity (Wildman–Crippen MR) is 60.0 cm³/mol. The molecule has 0 saturated heterocycles. The molecule has 0 aliphatic carbocycles. The summed E-state index contributed by atoms with van der Waals surface area (Å²) in [6.45, 7) is 4.45. The van der Waals surface area contributed by atoms with E-state index < -0.39 is 0 Å². The first-order valence-electron chi connectivity index (χ1n) is 5.13. The van der Waals surface area contributed by atoms with Crippen LogP contribution in [0.1, 0.15) is 25.6 Å². The molecule has 0 radical (unpaired) electrons. The van der Waals surface area contributed by atoms with Crippen LogP contribution in [-0.4, -0.2) is 6.61 Å². The Hall–Kier alpha value is -1.48. The fourth-order valence-electron chi connectivity index (χ4n) is 1.63. The van der Waals surface area contributed by atoms with Crippen LogP contribution in [0.5, 0.6) is 5.75 Å². The van der Waals surface area contributed by atoms with Crippen LogP contribution in [0.25, 0.3) is 11.0 Å². The van der Waals surface area contributed by atoms with Crippen LogP contribution in [0.15, 0.2) is 28.7 Å². The molecule has 1 heterocycles. The lowest BCUT2D eigenvalue weighted by Crippen LogP contribution is -2.05. The van der Waals surface area contributed by atoms with Crippen molar-refractivity contribution in [2.45, 2.75) is 19.9 Å². The SMILES string of the molecule is CCOc1c(C(C)N)oc2ccccc12. The first-order valence-corrected chi connectivity index (χ1v) is 5.13. The molecule has 1 aromatic carbocycles. The van der Waals surface area contributed by atoms with Gasteiger partial charge >= 0.3 is 0 Å². The van der Waals surface area contributed by atoms with Crippen molar-refractivity contribution in [1.82, 2.24) is 0 Å². The molecule has 0 fully saturated rings. The maximum atomic E-state index is 5.83. The first kappa shape index (κ1) is 10.1. The summed E-state index contributed by atoms with van der Waals surface area (Å²) in [6.07, 6.45) is 0. The normalized spacial score (nSPS) is 13.0. The first-order chi connectivity index (χ1) is 7.24. The van der Waals surface area contributed by atoms with Gasteiger partial charge in [-0.1, -0.05) is 12.1 Å². The van der Waals surface area contributed by atoms with Crippen LogP contribution in [0.2, 0.25) is 0 Å². The molecule has 3 nitrogen and oxygen atoms in total. The fraction of sp³-hybridized carbons (Fsp3) is 0.333. The van der Waals surface area contributed by atoms with Crippen LogP contribution in [0.4, 0.5) is 0 Å². The van der Waals surface area contributed by atoms with E-state index in [0.717, 1.165) is 22.5 Å². The molecule has 0 amide bonds. The minimum atomic E-state index is -0.154. The Morgan fingerprint density at radius 1 is 1.40 bits per heavy atom. The zero-order valence-electron chi connectivity index (χ0n) is 8.99. The number of fused-ring (bicyclic) bond motifs is 1. The molecule has 0 bridgehead atoms. The smallest absolute Gasteiger partial charge is 0.170 e. The topological polar surface area (TPSA) is 48.4 Å². The standard InChI is InChI=1S/C12H15NO2/c1-3-14-12-9-6-4-5-7-10(9)15-11(12)8(2)13/h4-8H,3,13H2,1-2H3.